The number of hydrogen-bond donors (Lipinski definition) is 0. The molecule has 0 N–H and O–H groups in total. The number of furan rings is 1. The summed E-state index contributed by atoms with van der Waals surface area (Å²) in [5.41, 5.74) is 15.6. The number of benzene rings is 8. The minimum atomic E-state index is -0.105. The fourth-order valence-corrected chi connectivity index (χ4v) is 8.67. The van der Waals surface area contributed by atoms with E-state index in [2.05, 4.69) is 200 Å². The van der Waals surface area contributed by atoms with Crippen molar-refractivity contribution in [3.8, 4) is 22.6 Å². The van der Waals surface area contributed by atoms with Crippen molar-refractivity contribution in [2.45, 2.75) is 19.3 Å². The molecule has 2 aromatic heterocycles. The van der Waals surface area contributed by atoms with Gasteiger partial charge in [0, 0.05) is 55.9 Å². The van der Waals surface area contributed by atoms with Gasteiger partial charge in [-0.15, -0.1) is 0 Å². The van der Waals surface area contributed by atoms with Gasteiger partial charge in [0.1, 0.15) is 16.7 Å². The molecule has 57 heavy (non-hydrogen) atoms. The number of hydrogen-bond acceptors (Lipinski definition) is 5. The van der Waals surface area contributed by atoms with Crippen LogP contribution in [0.15, 0.2) is 197 Å². The third-order valence-electron chi connectivity index (χ3n) is 11.5. The molecule has 10 aromatic rings. The first-order valence-electron chi connectivity index (χ1n) is 19.4. The van der Waals surface area contributed by atoms with Crippen LogP contribution in [0.5, 0.6) is 0 Å². The van der Waals surface area contributed by atoms with E-state index in [9.17, 15) is 0 Å². The van der Waals surface area contributed by atoms with Gasteiger partial charge in [0.15, 0.2) is 5.58 Å². The van der Waals surface area contributed by atoms with E-state index in [4.69, 9.17) is 13.8 Å². The molecule has 1 aliphatic rings. The molecule has 2 heterocycles. The Morgan fingerprint density at radius 1 is 0.404 bits per heavy atom. The molecular formula is C52H37N3O2. The van der Waals surface area contributed by atoms with E-state index in [1.54, 1.807) is 0 Å². The molecule has 0 saturated heterocycles. The maximum absolute atomic E-state index is 6.50. The fraction of sp³-hybridized carbons (Fsp3) is 0.0577. The van der Waals surface area contributed by atoms with Crippen LogP contribution in [0, 0.1) is 0 Å². The van der Waals surface area contributed by atoms with Crippen molar-refractivity contribution in [3.05, 3.63) is 199 Å². The van der Waals surface area contributed by atoms with E-state index < -0.39 is 0 Å². The van der Waals surface area contributed by atoms with Crippen LogP contribution < -0.4 is 9.80 Å². The van der Waals surface area contributed by atoms with Crippen molar-refractivity contribution in [2.24, 2.45) is 0 Å². The number of para-hydroxylation sites is 3. The molecule has 0 atom stereocenters. The summed E-state index contributed by atoms with van der Waals surface area (Å²) in [5, 5.41) is 2.16. The second-order valence-electron chi connectivity index (χ2n) is 15.2. The van der Waals surface area contributed by atoms with Crippen molar-refractivity contribution >= 4 is 67.2 Å². The molecule has 0 bridgehead atoms. The van der Waals surface area contributed by atoms with E-state index >= 15 is 0 Å². The Morgan fingerprint density at radius 3 is 1.74 bits per heavy atom. The standard InChI is InChI=1S/C52H37N3O2/c1-52(2)45-22-11-9-20-41(45)43-32-50-47(33-46(43)52)53-51(57-50)34-24-26-37(27-25-34)55(40-28-29-49-44(31-40)42-21-10-12-23-48(42)56-49)39-19-13-18-38(30-39)54(35-14-5-3-6-15-35)36-16-7-4-8-17-36/h3-33H,1-2H3. The van der Waals surface area contributed by atoms with E-state index in [1.807, 2.05) is 12.1 Å². The zero-order chi connectivity index (χ0) is 38.1. The van der Waals surface area contributed by atoms with Gasteiger partial charge in [-0.1, -0.05) is 98.8 Å². The van der Waals surface area contributed by atoms with Gasteiger partial charge in [0.2, 0.25) is 5.89 Å². The average molecular weight is 736 g/mol. The molecule has 0 spiro atoms. The summed E-state index contributed by atoms with van der Waals surface area (Å²) in [7, 11) is 0. The van der Waals surface area contributed by atoms with Gasteiger partial charge in [-0.2, -0.15) is 0 Å². The Bertz CT molecular complexity index is 3070. The molecule has 5 nitrogen and oxygen atoms in total. The molecule has 0 amide bonds. The first kappa shape index (κ1) is 33.0. The molecule has 1 aliphatic carbocycles. The molecule has 0 radical (unpaired) electrons. The molecule has 0 unspecified atom stereocenters. The van der Waals surface area contributed by atoms with E-state index in [1.165, 1.54) is 22.3 Å². The average Bonchev–Trinajstić information content (AvgIpc) is 3.91. The van der Waals surface area contributed by atoms with Crippen molar-refractivity contribution in [1.82, 2.24) is 4.98 Å². The Morgan fingerprint density at radius 2 is 0.982 bits per heavy atom. The molecule has 0 saturated carbocycles. The molecule has 0 fully saturated rings. The minimum absolute atomic E-state index is 0.105. The van der Waals surface area contributed by atoms with Crippen LogP contribution in [0.2, 0.25) is 0 Å². The van der Waals surface area contributed by atoms with E-state index in [0.717, 1.165) is 72.7 Å². The van der Waals surface area contributed by atoms with Crippen LogP contribution in [-0.4, -0.2) is 4.98 Å². The van der Waals surface area contributed by atoms with Crippen LogP contribution in [0.1, 0.15) is 25.0 Å². The molecule has 11 rings (SSSR count). The molecule has 272 valence electrons. The van der Waals surface area contributed by atoms with Gasteiger partial charge in [0.25, 0.3) is 0 Å². The third kappa shape index (κ3) is 5.42. The molecule has 5 heteroatoms. The summed E-state index contributed by atoms with van der Waals surface area (Å²) < 4.78 is 12.7. The second kappa shape index (κ2) is 12.9. The largest absolute Gasteiger partial charge is 0.456 e. The van der Waals surface area contributed by atoms with Crippen LogP contribution in [0.3, 0.4) is 0 Å². The van der Waals surface area contributed by atoms with Crippen molar-refractivity contribution in [1.29, 1.82) is 0 Å². The van der Waals surface area contributed by atoms with Crippen LogP contribution >= 0.6 is 0 Å². The number of rotatable bonds is 7. The van der Waals surface area contributed by atoms with Gasteiger partial charge >= 0.3 is 0 Å². The Labute approximate surface area is 330 Å². The first-order chi connectivity index (χ1) is 28.0. The van der Waals surface area contributed by atoms with Crippen molar-refractivity contribution < 1.29 is 8.83 Å². The van der Waals surface area contributed by atoms with Crippen LogP contribution in [0.4, 0.5) is 34.1 Å². The molecular weight excluding hydrogens is 699 g/mol. The SMILES string of the molecule is CC1(C)c2ccccc2-c2cc3oc(-c4ccc(N(c5cccc(N(c6ccccc6)c6ccccc6)c5)c5ccc6oc7ccccc7c6c5)cc4)nc3cc21. The summed E-state index contributed by atoms with van der Waals surface area (Å²) in [5.74, 6) is 0.604. The lowest BCUT2D eigenvalue weighted by atomic mass is 9.82. The van der Waals surface area contributed by atoms with Gasteiger partial charge in [-0.3, -0.25) is 0 Å². The highest BCUT2D eigenvalue weighted by Crippen LogP contribution is 2.50. The predicted octanol–water partition coefficient (Wildman–Crippen LogP) is 14.6. The molecule has 8 aromatic carbocycles. The Balaban J connectivity index is 1.03. The van der Waals surface area contributed by atoms with E-state index in [0.29, 0.717) is 5.89 Å². The fourth-order valence-electron chi connectivity index (χ4n) is 8.67. The normalized spacial score (nSPS) is 12.9. The minimum Gasteiger partial charge on any atom is -0.456 e. The summed E-state index contributed by atoms with van der Waals surface area (Å²) in [6.45, 7) is 4.58. The topological polar surface area (TPSA) is 45.7 Å². The van der Waals surface area contributed by atoms with E-state index in [-0.39, 0.29) is 5.41 Å². The number of anilines is 6. The van der Waals surface area contributed by atoms with Gasteiger partial charge in [0.05, 0.1) is 0 Å². The first-order valence-corrected chi connectivity index (χ1v) is 19.4. The van der Waals surface area contributed by atoms with Gasteiger partial charge in [-0.05, 0) is 125 Å². The van der Waals surface area contributed by atoms with Crippen molar-refractivity contribution in [3.63, 3.8) is 0 Å². The third-order valence-corrected chi connectivity index (χ3v) is 11.5. The number of nitrogens with zero attached hydrogens (tertiary/aromatic N) is 3. The number of fused-ring (bicyclic) bond motifs is 7. The molecule has 0 aliphatic heterocycles. The second-order valence-corrected chi connectivity index (χ2v) is 15.2. The highest BCUT2D eigenvalue weighted by Gasteiger charge is 2.36. The van der Waals surface area contributed by atoms with Crippen LogP contribution in [-0.2, 0) is 5.41 Å². The summed E-state index contributed by atoms with van der Waals surface area (Å²) >= 11 is 0. The number of oxazole rings is 1. The summed E-state index contributed by atoms with van der Waals surface area (Å²) in [4.78, 5) is 9.63. The maximum atomic E-state index is 6.50. The predicted molar refractivity (Wildman–Crippen MR) is 234 cm³/mol. The lowest BCUT2D eigenvalue weighted by Gasteiger charge is -2.29. The zero-order valence-electron chi connectivity index (χ0n) is 31.6. The zero-order valence-corrected chi connectivity index (χ0v) is 31.6. The Hall–Kier alpha value is -7.37. The summed E-state index contributed by atoms with van der Waals surface area (Å²) in [6.07, 6.45) is 0. The van der Waals surface area contributed by atoms with Gasteiger partial charge in [-0.25, -0.2) is 4.98 Å². The summed E-state index contributed by atoms with van der Waals surface area (Å²) in [6, 6.07) is 66.0. The quantitative estimate of drug-likeness (QED) is 0.163. The van der Waals surface area contributed by atoms with Crippen LogP contribution in [0.25, 0.3) is 55.6 Å². The van der Waals surface area contributed by atoms with Gasteiger partial charge < -0.3 is 18.6 Å². The Kier molecular flexibility index (Phi) is 7.45. The highest BCUT2D eigenvalue weighted by atomic mass is 16.3. The number of aromatic nitrogens is 1. The lowest BCUT2D eigenvalue weighted by Crippen LogP contribution is -2.14. The monoisotopic (exact) mass is 735 g/mol. The lowest BCUT2D eigenvalue weighted by molar-refractivity contribution is 0.619. The van der Waals surface area contributed by atoms with Crippen molar-refractivity contribution in [2.75, 3.05) is 9.80 Å². The smallest absolute Gasteiger partial charge is 0.227 e. The maximum Gasteiger partial charge on any atom is 0.227 e. The highest BCUT2D eigenvalue weighted by molar-refractivity contribution is 6.06.